The van der Waals surface area contributed by atoms with E-state index in [0.29, 0.717) is 11.8 Å². The minimum absolute atomic E-state index is 0.0870. The molecule has 3 aliphatic rings. The Kier molecular flexibility index (Phi) is 3.68. The van der Waals surface area contributed by atoms with Crippen molar-refractivity contribution in [3.8, 4) is 0 Å². The molecule has 1 spiro atoms. The Morgan fingerprint density at radius 1 is 1.26 bits per heavy atom. The van der Waals surface area contributed by atoms with Crippen molar-refractivity contribution in [3.05, 3.63) is 42.1 Å². The predicted molar refractivity (Wildman–Crippen MR) is 105 cm³/mol. The number of carbonyl (C=O) groups is 1. The molecule has 2 aromatic rings. The zero-order valence-electron chi connectivity index (χ0n) is 16.4. The van der Waals surface area contributed by atoms with Gasteiger partial charge in [0.15, 0.2) is 0 Å². The maximum Gasteiger partial charge on any atom is 0.217 e. The van der Waals surface area contributed by atoms with E-state index in [1.54, 1.807) is 6.92 Å². The second-order valence-corrected chi connectivity index (χ2v) is 9.39. The van der Waals surface area contributed by atoms with Gasteiger partial charge >= 0.3 is 0 Å². The van der Waals surface area contributed by atoms with Gasteiger partial charge in [-0.1, -0.05) is 32.0 Å². The number of benzene rings is 1. The highest BCUT2D eigenvalue weighted by Gasteiger charge is 2.68. The Bertz CT molecular complexity index is 903. The fraction of sp³-hybridized carbons (Fsp3) is 0.565. The highest BCUT2D eigenvalue weighted by molar-refractivity contribution is 5.82. The van der Waals surface area contributed by atoms with E-state index in [0.717, 1.165) is 18.5 Å². The first-order valence-corrected chi connectivity index (χ1v) is 10.2. The number of pyridine rings is 1. The van der Waals surface area contributed by atoms with E-state index in [-0.39, 0.29) is 28.9 Å². The third-order valence-corrected chi connectivity index (χ3v) is 7.84. The SMILES string of the molecule is CC(=O)N[C@H]1C(C)(C)[C@@H]2C[C@@H]3[C@@H](c4cccc5ncccc45)OCCC31C2. The number of hydrogen-bond acceptors (Lipinski definition) is 3. The summed E-state index contributed by atoms with van der Waals surface area (Å²) in [5.41, 5.74) is 2.58. The molecule has 4 heteroatoms. The van der Waals surface area contributed by atoms with Crippen molar-refractivity contribution in [2.45, 2.75) is 52.2 Å². The Morgan fingerprint density at radius 2 is 2.11 bits per heavy atom. The molecule has 5 rings (SSSR count). The number of nitrogens with one attached hydrogen (secondary N) is 1. The van der Waals surface area contributed by atoms with Gasteiger partial charge in [0, 0.05) is 31.2 Å². The second kappa shape index (κ2) is 5.78. The quantitative estimate of drug-likeness (QED) is 0.866. The summed E-state index contributed by atoms with van der Waals surface area (Å²) in [6, 6.07) is 10.8. The number of ether oxygens (including phenoxy) is 1. The molecule has 1 aromatic carbocycles. The van der Waals surface area contributed by atoms with Gasteiger partial charge in [-0.3, -0.25) is 9.78 Å². The van der Waals surface area contributed by atoms with Crippen LogP contribution < -0.4 is 5.32 Å². The number of aromatic nitrogens is 1. The molecule has 1 aromatic heterocycles. The van der Waals surface area contributed by atoms with E-state index in [1.165, 1.54) is 23.8 Å². The molecule has 1 aliphatic heterocycles. The van der Waals surface area contributed by atoms with Crippen LogP contribution in [-0.2, 0) is 9.53 Å². The Morgan fingerprint density at radius 3 is 2.93 bits per heavy atom. The standard InChI is InChI=1S/C23H28N2O2/c1-14(26)25-21-22(2,3)15-12-18-20(27-11-9-23(18,21)13-15)17-6-4-8-19-16(17)7-5-10-24-19/h4-8,10,15,18,20-21H,9,11-13H2,1-3H3,(H,25,26)/t15-,18-,20-,21+,23?/m1/s1. The first-order chi connectivity index (χ1) is 12.9. The molecule has 1 amide bonds. The van der Waals surface area contributed by atoms with E-state index in [1.807, 2.05) is 12.3 Å². The fourth-order valence-electron chi connectivity index (χ4n) is 6.67. The maximum atomic E-state index is 12.0. The highest BCUT2D eigenvalue weighted by Crippen LogP contribution is 2.70. The third-order valence-electron chi connectivity index (χ3n) is 7.84. The number of hydrogen-bond donors (Lipinski definition) is 1. The lowest BCUT2D eigenvalue weighted by Gasteiger charge is -2.53. The number of rotatable bonds is 2. The third kappa shape index (κ3) is 2.32. The predicted octanol–water partition coefficient (Wildman–Crippen LogP) is 4.25. The zero-order chi connectivity index (χ0) is 18.8. The summed E-state index contributed by atoms with van der Waals surface area (Å²) in [5, 5.41) is 4.55. The van der Waals surface area contributed by atoms with Crippen LogP contribution in [0.2, 0.25) is 0 Å². The van der Waals surface area contributed by atoms with Crippen molar-refractivity contribution in [2.24, 2.45) is 22.7 Å². The molecule has 1 N–H and O–H groups in total. The molecule has 0 radical (unpaired) electrons. The molecular weight excluding hydrogens is 336 g/mol. The summed E-state index contributed by atoms with van der Waals surface area (Å²) in [6.07, 6.45) is 5.37. The number of fused-ring (bicyclic) bond motifs is 2. The normalized spacial score (nSPS) is 36.6. The van der Waals surface area contributed by atoms with Crippen LogP contribution >= 0.6 is 0 Å². The second-order valence-electron chi connectivity index (χ2n) is 9.39. The molecule has 5 atom stereocenters. The zero-order valence-corrected chi connectivity index (χ0v) is 16.4. The molecule has 1 unspecified atom stereocenters. The average molecular weight is 364 g/mol. The van der Waals surface area contributed by atoms with Gasteiger partial charge in [-0.05, 0) is 59.6 Å². The summed E-state index contributed by atoms with van der Waals surface area (Å²) in [5.74, 6) is 1.18. The van der Waals surface area contributed by atoms with Gasteiger partial charge in [-0.2, -0.15) is 0 Å². The van der Waals surface area contributed by atoms with Gasteiger partial charge in [-0.25, -0.2) is 0 Å². The average Bonchev–Trinajstić information content (AvgIpc) is 3.14. The summed E-state index contributed by atoms with van der Waals surface area (Å²) < 4.78 is 6.41. The van der Waals surface area contributed by atoms with Gasteiger partial charge in [0.1, 0.15) is 0 Å². The molecule has 4 nitrogen and oxygen atoms in total. The Hall–Kier alpha value is -1.94. The van der Waals surface area contributed by atoms with Crippen LogP contribution in [0.1, 0.15) is 51.7 Å². The molecule has 3 fully saturated rings. The van der Waals surface area contributed by atoms with Crippen molar-refractivity contribution in [3.63, 3.8) is 0 Å². The van der Waals surface area contributed by atoms with Crippen molar-refractivity contribution in [2.75, 3.05) is 6.61 Å². The van der Waals surface area contributed by atoms with Gasteiger partial charge in [0.25, 0.3) is 0 Å². The summed E-state index contributed by atoms with van der Waals surface area (Å²) in [6.45, 7) is 7.10. The molecule has 27 heavy (non-hydrogen) atoms. The largest absolute Gasteiger partial charge is 0.373 e. The lowest BCUT2D eigenvalue weighted by Crippen LogP contribution is -2.58. The molecule has 1 saturated heterocycles. The fourth-order valence-corrected chi connectivity index (χ4v) is 6.67. The van der Waals surface area contributed by atoms with E-state index >= 15 is 0 Å². The van der Waals surface area contributed by atoms with Gasteiger partial charge in [0.2, 0.25) is 5.91 Å². The molecule has 142 valence electrons. The monoisotopic (exact) mass is 364 g/mol. The minimum atomic E-state index is 0.0870. The van der Waals surface area contributed by atoms with Gasteiger partial charge in [0.05, 0.1) is 11.6 Å². The molecule has 2 bridgehead atoms. The minimum Gasteiger partial charge on any atom is -0.373 e. The summed E-state index contributed by atoms with van der Waals surface area (Å²) >= 11 is 0. The van der Waals surface area contributed by atoms with Crippen LogP contribution in [0.15, 0.2) is 36.5 Å². The number of carbonyl (C=O) groups excluding carboxylic acids is 1. The first-order valence-electron chi connectivity index (χ1n) is 10.2. The summed E-state index contributed by atoms with van der Waals surface area (Å²) in [7, 11) is 0. The van der Waals surface area contributed by atoms with Crippen LogP contribution in [-0.4, -0.2) is 23.5 Å². The van der Waals surface area contributed by atoms with E-state index in [2.05, 4.69) is 48.4 Å². The maximum absolute atomic E-state index is 12.0. The van der Waals surface area contributed by atoms with Gasteiger partial charge in [-0.15, -0.1) is 0 Å². The highest BCUT2D eigenvalue weighted by atomic mass is 16.5. The van der Waals surface area contributed by atoms with Crippen LogP contribution in [0.25, 0.3) is 10.9 Å². The molecule has 2 heterocycles. The topological polar surface area (TPSA) is 51.2 Å². The molecule has 2 saturated carbocycles. The smallest absolute Gasteiger partial charge is 0.217 e. The van der Waals surface area contributed by atoms with Crippen molar-refractivity contribution < 1.29 is 9.53 Å². The van der Waals surface area contributed by atoms with Gasteiger partial charge < -0.3 is 10.1 Å². The summed E-state index contributed by atoms with van der Waals surface area (Å²) in [4.78, 5) is 16.5. The van der Waals surface area contributed by atoms with Crippen LogP contribution in [0.5, 0.6) is 0 Å². The van der Waals surface area contributed by atoms with Crippen molar-refractivity contribution >= 4 is 16.8 Å². The molecule has 2 aliphatic carbocycles. The van der Waals surface area contributed by atoms with Crippen LogP contribution in [0.3, 0.4) is 0 Å². The van der Waals surface area contributed by atoms with E-state index in [4.69, 9.17) is 4.74 Å². The van der Waals surface area contributed by atoms with Crippen molar-refractivity contribution in [1.82, 2.24) is 10.3 Å². The Labute approximate surface area is 160 Å². The Balaban J connectivity index is 1.59. The van der Waals surface area contributed by atoms with Crippen molar-refractivity contribution in [1.29, 1.82) is 0 Å². The number of amides is 1. The van der Waals surface area contributed by atoms with E-state index in [9.17, 15) is 4.79 Å². The number of nitrogens with zero attached hydrogens (tertiary/aromatic N) is 1. The van der Waals surface area contributed by atoms with E-state index < -0.39 is 0 Å². The first kappa shape index (κ1) is 17.2. The lowest BCUT2D eigenvalue weighted by atomic mass is 9.58. The lowest BCUT2D eigenvalue weighted by molar-refractivity contribution is -0.135. The van der Waals surface area contributed by atoms with Crippen LogP contribution in [0.4, 0.5) is 0 Å². The van der Waals surface area contributed by atoms with Crippen LogP contribution in [0, 0.1) is 22.7 Å². The molecular formula is C23H28N2O2.